The summed E-state index contributed by atoms with van der Waals surface area (Å²) >= 11 is 6.28. The number of hydrogen-bond donors (Lipinski definition) is 1. The second kappa shape index (κ2) is 7.39. The summed E-state index contributed by atoms with van der Waals surface area (Å²) in [4.78, 5) is 21.1. The summed E-state index contributed by atoms with van der Waals surface area (Å²) in [5, 5.41) is 7.54. The minimum absolute atomic E-state index is 0.260. The first kappa shape index (κ1) is 16.9. The van der Waals surface area contributed by atoms with Crippen LogP contribution in [0.15, 0.2) is 79.4 Å². The molecule has 0 saturated heterocycles. The van der Waals surface area contributed by atoms with Crippen LogP contribution in [0.25, 0.3) is 17.1 Å². The highest BCUT2D eigenvalue weighted by atomic mass is 35.5. The number of halogens is 1. The molecule has 7 heteroatoms. The number of amides is 1. The van der Waals surface area contributed by atoms with E-state index in [0.29, 0.717) is 22.1 Å². The largest absolute Gasteiger partial charge is 0.322 e. The highest BCUT2D eigenvalue weighted by Crippen LogP contribution is 2.29. The quantitative estimate of drug-likeness (QED) is 0.579. The summed E-state index contributed by atoms with van der Waals surface area (Å²) in [6.07, 6.45) is 6.67. The van der Waals surface area contributed by atoms with Crippen molar-refractivity contribution in [1.29, 1.82) is 0 Å². The predicted molar refractivity (Wildman–Crippen MR) is 104 cm³/mol. The van der Waals surface area contributed by atoms with Gasteiger partial charge in [-0.05, 0) is 48.5 Å². The van der Waals surface area contributed by atoms with Gasteiger partial charge in [-0.1, -0.05) is 17.7 Å². The van der Waals surface area contributed by atoms with Crippen LogP contribution < -0.4 is 5.32 Å². The maximum atomic E-state index is 12.5. The molecule has 1 aromatic carbocycles. The van der Waals surface area contributed by atoms with E-state index in [4.69, 9.17) is 11.6 Å². The Labute approximate surface area is 160 Å². The molecule has 3 aromatic heterocycles. The minimum Gasteiger partial charge on any atom is -0.322 e. The van der Waals surface area contributed by atoms with Crippen LogP contribution in [-0.2, 0) is 0 Å². The standard InChI is InChI=1S/C20H14ClN5O/c21-17-7-6-15(12-16(17)18-4-1-2-9-22-18)25-20(27)14-5-8-19(23-13-14)26-11-3-10-24-26/h1-13H,(H,25,27). The first-order valence-electron chi connectivity index (χ1n) is 8.19. The average Bonchev–Trinajstić information content (AvgIpc) is 3.25. The molecular formula is C20H14ClN5O. The summed E-state index contributed by atoms with van der Waals surface area (Å²) in [7, 11) is 0. The smallest absolute Gasteiger partial charge is 0.257 e. The molecule has 0 bridgehead atoms. The predicted octanol–water partition coefficient (Wildman–Crippen LogP) is 4.24. The lowest BCUT2D eigenvalue weighted by Gasteiger charge is -2.09. The molecule has 1 N–H and O–H groups in total. The summed E-state index contributed by atoms with van der Waals surface area (Å²) in [6, 6.07) is 16.1. The number of benzene rings is 1. The van der Waals surface area contributed by atoms with Gasteiger partial charge in [0.2, 0.25) is 0 Å². The number of anilines is 1. The molecule has 27 heavy (non-hydrogen) atoms. The Morgan fingerprint density at radius 1 is 1.00 bits per heavy atom. The zero-order chi connectivity index (χ0) is 18.6. The first-order valence-corrected chi connectivity index (χ1v) is 8.57. The summed E-state index contributed by atoms with van der Waals surface area (Å²) in [6.45, 7) is 0. The maximum Gasteiger partial charge on any atom is 0.257 e. The Balaban J connectivity index is 1.55. The fraction of sp³-hybridized carbons (Fsp3) is 0. The molecule has 6 nitrogen and oxygen atoms in total. The summed E-state index contributed by atoms with van der Waals surface area (Å²) in [5.41, 5.74) is 2.56. The van der Waals surface area contributed by atoms with Crippen LogP contribution >= 0.6 is 11.6 Å². The molecule has 0 radical (unpaired) electrons. The van der Waals surface area contributed by atoms with E-state index in [1.807, 2.05) is 24.3 Å². The molecule has 4 rings (SSSR count). The number of rotatable bonds is 4. The van der Waals surface area contributed by atoms with Crippen molar-refractivity contribution in [2.24, 2.45) is 0 Å². The van der Waals surface area contributed by atoms with E-state index in [2.05, 4.69) is 20.4 Å². The van der Waals surface area contributed by atoms with Crippen molar-refractivity contribution < 1.29 is 4.79 Å². The molecule has 0 aliphatic heterocycles. The van der Waals surface area contributed by atoms with E-state index in [0.717, 1.165) is 11.3 Å². The Morgan fingerprint density at radius 2 is 1.93 bits per heavy atom. The molecule has 3 heterocycles. The maximum absolute atomic E-state index is 12.5. The van der Waals surface area contributed by atoms with Gasteiger partial charge in [-0.15, -0.1) is 0 Å². The van der Waals surface area contributed by atoms with Crippen molar-refractivity contribution >= 4 is 23.2 Å². The van der Waals surface area contributed by atoms with Crippen LogP contribution in [0.2, 0.25) is 5.02 Å². The van der Waals surface area contributed by atoms with Gasteiger partial charge in [0.15, 0.2) is 5.82 Å². The van der Waals surface area contributed by atoms with Crippen molar-refractivity contribution in [3.8, 4) is 17.1 Å². The molecule has 1 amide bonds. The molecule has 0 saturated carbocycles. The second-order valence-corrected chi connectivity index (χ2v) is 6.13. The SMILES string of the molecule is O=C(Nc1ccc(Cl)c(-c2ccccn2)c1)c1ccc(-n2cccn2)nc1. The third kappa shape index (κ3) is 3.70. The molecule has 0 unspecified atom stereocenters. The molecule has 4 aromatic rings. The Kier molecular flexibility index (Phi) is 4.63. The highest BCUT2D eigenvalue weighted by molar-refractivity contribution is 6.33. The van der Waals surface area contributed by atoms with Gasteiger partial charge in [0, 0.05) is 36.0 Å². The molecular weight excluding hydrogens is 362 g/mol. The van der Waals surface area contributed by atoms with Crippen LogP contribution in [0.5, 0.6) is 0 Å². The molecule has 0 aliphatic rings. The second-order valence-electron chi connectivity index (χ2n) is 5.72. The van der Waals surface area contributed by atoms with Crippen molar-refractivity contribution in [2.75, 3.05) is 5.32 Å². The van der Waals surface area contributed by atoms with Gasteiger partial charge in [0.1, 0.15) is 0 Å². The van der Waals surface area contributed by atoms with Gasteiger partial charge in [-0.25, -0.2) is 9.67 Å². The summed E-state index contributed by atoms with van der Waals surface area (Å²) in [5.74, 6) is 0.379. The van der Waals surface area contributed by atoms with E-state index < -0.39 is 0 Å². The normalized spacial score (nSPS) is 10.6. The number of nitrogens with one attached hydrogen (secondary N) is 1. The fourth-order valence-electron chi connectivity index (χ4n) is 2.58. The van der Waals surface area contributed by atoms with Crippen LogP contribution in [0.3, 0.4) is 0 Å². The van der Waals surface area contributed by atoms with E-state index in [1.165, 1.54) is 6.20 Å². The minimum atomic E-state index is -0.260. The zero-order valence-electron chi connectivity index (χ0n) is 14.1. The van der Waals surface area contributed by atoms with Crippen molar-refractivity contribution in [2.45, 2.75) is 0 Å². The third-order valence-electron chi connectivity index (χ3n) is 3.91. The van der Waals surface area contributed by atoms with E-state index in [1.54, 1.807) is 53.6 Å². The zero-order valence-corrected chi connectivity index (χ0v) is 14.8. The van der Waals surface area contributed by atoms with Crippen molar-refractivity contribution in [3.63, 3.8) is 0 Å². The van der Waals surface area contributed by atoms with Gasteiger partial charge in [0.25, 0.3) is 5.91 Å². The molecule has 0 atom stereocenters. The third-order valence-corrected chi connectivity index (χ3v) is 4.24. The Hall–Kier alpha value is -3.51. The van der Waals surface area contributed by atoms with E-state index in [9.17, 15) is 4.79 Å². The van der Waals surface area contributed by atoms with Crippen LogP contribution in [-0.4, -0.2) is 25.7 Å². The van der Waals surface area contributed by atoms with E-state index in [-0.39, 0.29) is 5.91 Å². The first-order chi connectivity index (χ1) is 13.2. The Bertz CT molecular complexity index is 1060. The van der Waals surface area contributed by atoms with Crippen LogP contribution in [0.1, 0.15) is 10.4 Å². The van der Waals surface area contributed by atoms with Gasteiger partial charge in [0.05, 0.1) is 16.3 Å². The van der Waals surface area contributed by atoms with Gasteiger partial charge in [-0.3, -0.25) is 9.78 Å². The fourth-order valence-corrected chi connectivity index (χ4v) is 2.80. The monoisotopic (exact) mass is 375 g/mol. The summed E-state index contributed by atoms with van der Waals surface area (Å²) < 4.78 is 1.63. The van der Waals surface area contributed by atoms with Crippen molar-refractivity contribution in [1.82, 2.24) is 19.7 Å². The number of aromatic nitrogens is 4. The average molecular weight is 376 g/mol. The molecule has 0 aliphatic carbocycles. The molecule has 0 fully saturated rings. The molecule has 0 spiro atoms. The Morgan fingerprint density at radius 3 is 2.63 bits per heavy atom. The number of nitrogens with zero attached hydrogens (tertiary/aromatic N) is 4. The lowest BCUT2D eigenvalue weighted by atomic mass is 10.1. The van der Waals surface area contributed by atoms with E-state index >= 15 is 0 Å². The van der Waals surface area contributed by atoms with Crippen LogP contribution in [0, 0.1) is 0 Å². The van der Waals surface area contributed by atoms with Gasteiger partial charge < -0.3 is 5.32 Å². The van der Waals surface area contributed by atoms with Crippen molar-refractivity contribution in [3.05, 3.63) is 90.0 Å². The van der Waals surface area contributed by atoms with Gasteiger partial charge in [-0.2, -0.15) is 5.10 Å². The number of hydrogen-bond acceptors (Lipinski definition) is 4. The lowest BCUT2D eigenvalue weighted by molar-refractivity contribution is 0.102. The van der Waals surface area contributed by atoms with Gasteiger partial charge >= 0.3 is 0 Å². The van der Waals surface area contributed by atoms with Crippen LogP contribution in [0.4, 0.5) is 5.69 Å². The highest BCUT2D eigenvalue weighted by Gasteiger charge is 2.10. The number of carbonyl (C=O) groups is 1. The number of pyridine rings is 2. The lowest BCUT2D eigenvalue weighted by Crippen LogP contribution is -2.12. The number of carbonyl (C=O) groups excluding carboxylic acids is 1. The molecule has 132 valence electrons. The topological polar surface area (TPSA) is 72.7 Å².